The van der Waals surface area contributed by atoms with Gasteiger partial charge in [0.05, 0.1) is 17.2 Å². The predicted molar refractivity (Wildman–Crippen MR) is 161 cm³/mol. The number of hydrogen-bond acceptors (Lipinski definition) is 5. The molecule has 0 saturated heterocycles. The van der Waals surface area contributed by atoms with Crippen LogP contribution in [0.4, 0.5) is 5.69 Å². The molecule has 3 aromatic rings. The summed E-state index contributed by atoms with van der Waals surface area (Å²) in [5.41, 5.74) is 2.21. The number of benzene rings is 3. The van der Waals surface area contributed by atoms with Crippen LogP contribution in [0.2, 0.25) is 0 Å². The Balaban J connectivity index is 2.05. The number of amides is 2. The number of aryl methyl sites for hydroxylation is 1. The molecule has 0 aliphatic carbocycles. The Morgan fingerprint density at radius 1 is 0.925 bits per heavy atom. The van der Waals surface area contributed by atoms with E-state index in [0.717, 1.165) is 19.9 Å². The molecule has 0 fully saturated rings. The predicted octanol–water partition coefficient (Wildman–Crippen LogP) is 5.30. The zero-order chi connectivity index (χ0) is 29.3. The molecule has 0 aromatic heterocycles. The minimum absolute atomic E-state index is 0.0400. The van der Waals surface area contributed by atoms with Gasteiger partial charge in [0.1, 0.15) is 18.3 Å². The topological polar surface area (TPSA) is 96.0 Å². The Kier molecular flexibility index (Phi) is 11.2. The molecule has 3 rings (SSSR count). The van der Waals surface area contributed by atoms with Crippen molar-refractivity contribution in [3.63, 3.8) is 0 Å². The van der Waals surface area contributed by atoms with Gasteiger partial charge in [-0.1, -0.05) is 52.7 Å². The molecule has 1 N–H and O–H groups in total. The van der Waals surface area contributed by atoms with Crippen molar-refractivity contribution >= 4 is 43.5 Å². The van der Waals surface area contributed by atoms with Gasteiger partial charge in [0.15, 0.2) is 0 Å². The molecule has 3 aromatic carbocycles. The number of nitrogens with one attached hydrogen (secondary N) is 1. The lowest BCUT2D eigenvalue weighted by Gasteiger charge is -2.33. The highest BCUT2D eigenvalue weighted by Crippen LogP contribution is 2.27. The molecule has 0 radical (unpaired) electrons. The van der Waals surface area contributed by atoms with Crippen molar-refractivity contribution in [1.29, 1.82) is 0 Å². The van der Waals surface area contributed by atoms with Crippen LogP contribution in [0, 0.1) is 6.92 Å². The second-order valence-corrected chi connectivity index (χ2v) is 12.0. The monoisotopic (exact) mass is 629 g/mol. The first-order valence-corrected chi connectivity index (χ1v) is 15.5. The van der Waals surface area contributed by atoms with Crippen molar-refractivity contribution in [2.75, 3.05) is 24.0 Å². The Labute approximate surface area is 245 Å². The number of halogens is 1. The smallest absolute Gasteiger partial charge is 0.264 e. The summed E-state index contributed by atoms with van der Waals surface area (Å²) in [4.78, 5) is 28.5. The highest BCUT2D eigenvalue weighted by atomic mass is 79.9. The lowest BCUT2D eigenvalue weighted by Crippen LogP contribution is -2.52. The summed E-state index contributed by atoms with van der Waals surface area (Å²) in [6.07, 6.45) is 0.367. The summed E-state index contributed by atoms with van der Waals surface area (Å²) in [7, 11) is -4.14. The summed E-state index contributed by atoms with van der Waals surface area (Å²) >= 11 is 3.34. The van der Waals surface area contributed by atoms with E-state index in [1.165, 1.54) is 17.0 Å². The molecular weight excluding hydrogens is 594 g/mol. The number of sulfonamides is 1. The van der Waals surface area contributed by atoms with Crippen LogP contribution in [0.25, 0.3) is 0 Å². The van der Waals surface area contributed by atoms with Crippen molar-refractivity contribution in [2.24, 2.45) is 0 Å². The fourth-order valence-electron chi connectivity index (χ4n) is 4.24. The zero-order valence-corrected chi connectivity index (χ0v) is 25.7. The van der Waals surface area contributed by atoms with E-state index in [2.05, 4.69) is 21.2 Å². The third-order valence-electron chi connectivity index (χ3n) is 6.33. The summed E-state index contributed by atoms with van der Waals surface area (Å²) in [5, 5.41) is 2.81. The van der Waals surface area contributed by atoms with Gasteiger partial charge in [-0.2, -0.15) is 0 Å². The lowest BCUT2D eigenvalue weighted by atomic mass is 10.1. The number of likely N-dealkylation sites (N-methyl/N-ethyl adjacent to an activating group) is 1. The number of anilines is 1. The van der Waals surface area contributed by atoms with Crippen molar-refractivity contribution in [3.05, 3.63) is 88.4 Å². The van der Waals surface area contributed by atoms with Crippen LogP contribution in [0.3, 0.4) is 0 Å². The van der Waals surface area contributed by atoms with E-state index in [9.17, 15) is 18.0 Å². The van der Waals surface area contributed by atoms with Crippen LogP contribution in [-0.2, 0) is 26.2 Å². The van der Waals surface area contributed by atoms with Crippen molar-refractivity contribution in [2.45, 2.75) is 51.6 Å². The summed E-state index contributed by atoms with van der Waals surface area (Å²) in [6.45, 7) is 8.02. The molecule has 214 valence electrons. The maximum atomic E-state index is 14.0. The van der Waals surface area contributed by atoms with E-state index in [0.29, 0.717) is 31.0 Å². The second-order valence-electron chi connectivity index (χ2n) is 9.22. The third kappa shape index (κ3) is 7.85. The van der Waals surface area contributed by atoms with Crippen LogP contribution < -0.4 is 14.4 Å². The lowest BCUT2D eigenvalue weighted by molar-refractivity contribution is -0.140. The fourth-order valence-corrected chi connectivity index (χ4v) is 5.92. The highest BCUT2D eigenvalue weighted by Gasteiger charge is 2.33. The number of carbonyl (C=O) groups excluding carboxylic acids is 2. The molecule has 40 heavy (non-hydrogen) atoms. The van der Waals surface area contributed by atoms with E-state index in [1.54, 1.807) is 36.4 Å². The van der Waals surface area contributed by atoms with Crippen LogP contribution in [0.1, 0.15) is 38.3 Å². The molecule has 0 aliphatic heterocycles. The SMILES string of the molecule is CCNC(=O)[C@H](CC)N(Cc1ccc(C)cc1)C(=O)CN(c1ccc(OCC)cc1)S(=O)(=O)c1ccc(Br)cc1. The number of hydrogen-bond donors (Lipinski definition) is 1. The summed E-state index contributed by atoms with van der Waals surface area (Å²) in [5.74, 6) is -0.191. The molecule has 8 nitrogen and oxygen atoms in total. The van der Waals surface area contributed by atoms with Crippen LogP contribution in [0.15, 0.2) is 82.2 Å². The molecule has 10 heteroatoms. The first-order chi connectivity index (χ1) is 19.1. The molecule has 0 bridgehead atoms. The van der Waals surface area contributed by atoms with Crippen LogP contribution in [-0.4, -0.2) is 50.9 Å². The van der Waals surface area contributed by atoms with Crippen LogP contribution >= 0.6 is 15.9 Å². The zero-order valence-electron chi connectivity index (χ0n) is 23.3. The van der Waals surface area contributed by atoms with Gasteiger partial charge in [-0.3, -0.25) is 13.9 Å². The highest BCUT2D eigenvalue weighted by molar-refractivity contribution is 9.10. The molecule has 1 atom stereocenters. The average molecular weight is 631 g/mol. The molecular formula is C30H36BrN3O5S. The Morgan fingerprint density at radius 2 is 1.55 bits per heavy atom. The largest absolute Gasteiger partial charge is 0.494 e. The second kappa shape index (κ2) is 14.3. The van der Waals surface area contributed by atoms with E-state index in [-0.39, 0.29) is 17.3 Å². The normalized spacial score (nSPS) is 11.9. The van der Waals surface area contributed by atoms with E-state index in [1.807, 2.05) is 52.0 Å². The number of carbonyl (C=O) groups is 2. The van der Waals surface area contributed by atoms with Gasteiger partial charge >= 0.3 is 0 Å². The Bertz CT molecular complexity index is 1380. The van der Waals surface area contributed by atoms with Gasteiger partial charge in [0.25, 0.3) is 10.0 Å². The number of ether oxygens (including phenoxy) is 1. The molecule has 0 unspecified atom stereocenters. The minimum atomic E-state index is -4.14. The summed E-state index contributed by atoms with van der Waals surface area (Å²) < 4.78 is 35.2. The first-order valence-electron chi connectivity index (χ1n) is 13.2. The van der Waals surface area contributed by atoms with Crippen molar-refractivity contribution < 1.29 is 22.7 Å². The van der Waals surface area contributed by atoms with Gasteiger partial charge in [0.2, 0.25) is 11.8 Å². The maximum Gasteiger partial charge on any atom is 0.264 e. The van der Waals surface area contributed by atoms with Gasteiger partial charge in [-0.05, 0) is 81.3 Å². The first kappa shape index (κ1) is 31.2. The standard InChI is InChI=1S/C30H36BrN3O5S/c1-5-28(30(36)32-6-2)33(20-23-10-8-22(4)9-11-23)29(35)21-34(25-14-16-26(17-15-25)39-7-3)40(37,38)27-18-12-24(31)13-19-27/h8-19,28H,5-7,20-21H2,1-4H3,(H,32,36)/t28-/m0/s1. The van der Waals surface area contributed by atoms with Crippen molar-refractivity contribution in [1.82, 2.24) is 10.2 Å². The number of rotatable bonds is 13. The maximum absolute atomic E-state index is 14.0. The molecule has 2 amide bonds. The molecule has 0 spiro atoms. The third-order valence-corrected chi connectivity index (χ3v) is 8.64. The van der Waals surface area contributed by atoms with Gasteiger partial charge < -0.3 is 15.0 Å². The molecule has 0 heterocycles. The minimum Gasteiger partial charge on any atom is -0.494 e. The van der Waals surface area contributed by atoms with E-state index < -0.39 is 28.5 Å². The number of nitrogens with zero attached hydrogens (tertiary/aromatic N) is 2. The molecule has 0 saturated carbocycles. The van der Waals surface area contributed by atoms with Gasteiger partial charge in [0, 0.05) is 17.6 Å². The Morgan fingerprint density at radius 3 is 2.10 bits per heavy atom. The molecule has 0 aliphatic rings. The summed E-state index contributed by atoms with van der Waals surface area (Å²) in [6, 6.07) is 19.7. The van der Waals surface area contributed by atoms with Gasteiger partial charge in [-0.15, -0.1) is 0 Å². The van der Waals surface area contributed by atoms with Gasteiger partial charge in [-0.25, -0.2) is 8.42 Å². The van der Waals surface area contributed by atoms with E-state index in [4.69, 9.17) is 4.74 Å². The average Bonchev–Trinajstić information content (AvgIpc) is 2.93. The fraction of sp³-hybridized carbons (Fsp3) is 0.333. The van der Waals surface area contributed by atoms with Crippen LogP contribution in [0.5, 0.6) is 5.75 Å². The van der Waals surface area contributed by atoms with Crippen molar-refractivity contribution in [3.8, 4) is 5.75 Å². The van der Waals surface area contributed by atoms with E-state index >= 15 is 0 Å². The Hall–Kier alpha value is -3.37. The quantitative estimate of drug-likeness (QED) is 0.277.